The summed E-state index contributed by atoms with van der Waals surface area (Å²) >= 11 is 0. The number of fused-ring (bicyclic) bond motifs is 1. The lowest BCUT2D eigenvalue weighted by Crippen LogP contribution is -2.28. The Bertz CT molecular complexity index is 820. The Labute approximate surface area is 127 Å². The van der Waals surface area contributed by atoms with Crippen LogP contribution >= 0.6 is 0 Å². The molecule has 0 unspecified atom stereocenters. The van der Waals surface area contributed by atoms with Crippen molar-refractivity contribution in [2.75, 3.05) is 7.11 Å². The normalized spacial score (nSPS) is 12.3. The van der Waals surface area contributed by atoms with E-state index < -0.39 is 0 Å². The zero-order valence-corrected chi connectivity index (χ0v) is 12.6. The Morgan fingerprint density at radius 3 is 2.91 bits per heavy atom. The highest BCUT2D eigenvalue weighted by Gasteiger charge is 2.17. The van der Waals surface area contributed by atoms with Crippen molar-refractivity contribution in [1.29, 1.82) is 0 Å². The predicted octanol–water partition coefficient (Wildman–Crippen LogP) is 1.80. The first-order valence-electron chi connectivity index (χ1n) is 6.90. The number of benzene rings is 1. The fourth-order valence-corrected chi connectivity index (χ4v) is 2.38. The van der Waals surface area contributed by atoms with Crippen LogP contribution < -0.4 is 10.1 Å². The van der Waals surface area contributed by atoms with Gasteiger partial charge in [0.05, 0.1) is 13.2 Å². The second kappa shape index (κ2) is 5.51. The number of amides is 1. The molecule has 0 radical (unpaired) electrons. The maximum atomic E-state index is 12.4. The molecule has 0 aliphatic rings. The average molecular weight is 299 g/mol. The quantitative estimate of drug-likeness (QED) is 0.769. The van der Waals surface area contributed by atoms with E-state index in [0.717, 1.165) is 16.7 Å². The number of methoxy groups -OCH3 is 1. The molecule has 1 amide bonds. The standard InChI is InChI=1S/C15H17N5O2/c1-9(14-19-16-8-20(14)2)17-15(21)13-7-10-6-11(22-3)4-5-12(10)18-13/h4-9,18H,1-3H3,(H,17,21)/t9-/m1/s1. The minimum absolute atomic E-state index is 0.189. The van der Waals surface area contributed by atoms with Crippen LogP contribution in [0.5, 0.6) is 5.75 Å². The van der Waals surface area contributed by atoms with Gasteiger partial charge >= 0.3 is 0 Å². The van der Waals surface area contributed by atoms with Crippen LogP contribution in [0.15, 0.2) is 30.6 Å². The lowest BCUT2D eigenvalue weighted by Gasteiger charge is -2.11. The number of aromatic amines is 1. The van der Waals surface area contributed by atoms with E-state index in [2.05, 4.69) is 20.5 Å². The van der Waals surface area contributed by atoms with Crippen molar-refractivity contribution >= 4 is 16.8 Å². The number of hydrogen-bond acceptors (Lipinski definition) is 4. The molecule has 0 saturated heterocycles. The molecule has 7 heteroatoms. The number of aryl methyl sites for hydroxylation is 1. The fraction of sp³-hybridized carbons (Fsp3) is 0.267. The minimum Gasteiger partial charge on any atom is -0.497 e. The van der Waals surface area contributed by atoms with E-state index in [-0.39, 0.29) is 11.9 Å². The van der Waals surface area contributed by atoms with Gasteiger partial charge in [-0.1, -0.05) is 0 Å². The zero-order chi connectivity index (χ0) is 15.7. The molecule has 7 nitrogen and oxygen atoms in total. The number of H-pyrrole nitrogens is 1. The summed E-state index contributed by atoms with van der Waals surface area (Å²) in [6.45, 7) is 1.87. The van der Waals surface area contributed by atoms with E-state index in [1.165, 1.54) is 0 Å². The van der Waals surface area contributed by atoms with Gasteiger partial charge in [0, 0.05) is 18.0 Å². The Morgan fingerprint density at radius 1 is 1.41 bits per heavy atom. The molecule has 3 rings (SSSR count). The molecule has 0 saturated carbocycles. The smallest absolute Gasteiger partial charge is 0.268 e. The molecular weight excluding hydrogens is 282 g/mol. The number of rotatable bonds is 4. The fourth-order valence-electron chi connectivity index (χ4n) is 2.38. The van der Waals surface area contributed by atoms with Gasteiger partial charge in [0.15, 0.2) is 5.82 Å². The molecule has 0 fully saturated rings. The average Bonchev–Trinajstić information content (AvgIpc) is 3.12. The highest BCUT2D eigenvalue weighted by atomic mass is 16.5. The number of ether oxygens (including phenoxy) is 1. The van der Waals surface area contributed by atoms with Gasteiger partial charge in [-0.3, -0.25) is 4.79 Å². The first kappa shape index (κ1) is 14.1. The third-order valence-electron chi connectivity index (χ3n) is 3.55. The van der Waals surface area contributed by atoms with Gasteiger partial charge in [-0.15, -0.1) is 10.2 Å². The molecule has 2 aromatic heterocycles. The van der Waals surface area contributed by atoms with Crippen molar-refractivity contribution in [3.8, 4) is 5.75 Å². The summed E-state index contributed by atoms with van der Waals surface area (Å²) in [5.74, 6) is 1.27. The molecule has 3 aromatic rings. The highest BCUT2D eigenvalue weighted by molar-refractivity contribution is 5.98. The highest BCUT2D eigenvalue weighted by Crippen LogP contribution is 2.21. The van der Waals surface area contributed by atoms with Crippen molar-refractivity contribution in [1.82, 2.24) is 25.1 Å². The molecule has 1 aromatic carbocycles. The van der Waals surface area contributed by atoms with Gasteiger partial charge in [-0.25, -0.2) is 0 Å². The number of hydrogen-bond donors (Lipinski definition) is 2. The topological polar surface area (TPSA) is 84.8 Å². The Morgan fingerprint density at radius 2 is 2.23 bits per heavy atom. The molecule has 0 aliphatic carbocycles. The summed E-state index contributed by atoms with van der Waals surface area (Å²) < 4.78 is 6.97. The number of aromatic nitrogens is 4. The molecule has 1 atom stereocenters. The number of carbonyl (C=O) groups is 1. The van der Waals surface area contributed by atoms with E-state index in [1.807, 2.05) is 32.2 Å². The lowest BCUT2D eigenvalue weighted by atomic mass is 10.2. The lowest BCUT2D eigenvalue weighted by molar-refractivity contribution is 0.0933. The van der Waals surface area contributed by atoms with Gasteiger partial charge in [0.25, 0.3) is 5.91 Å². The van der Waals surface area contributed by atoms with Crippen LogP contribution in [0.3, 0.4) is 0 Å². The van der Waals surface area contributed by atoms with E-state index in [1.54, 1.807) is 24.1 Å². The van der Waals surface area contributed by atoms with Crippen molar-refractivity contribution in [2.45, 2.75) is 13.0 Å². The summed E-state index contributed by atoms with van der Waals surface area (Å²) in [4.78, 5) is 15.5. The predicted molar refractivity (Wildman–Crippen MR) is 81.7 cm³/mol. The number of nitrogens with one attached hydrogen (secondary N) is 2. The van der Waals surface area contributed by atoms with Crippen LogP contribution in [0.2, 0.25) is 0 Å². The molecule has 0 bridgehead atoms. The van der Waals surface area contributed by atoms with Crippen LogP contribution in [0.1, 0.15) is 29.3 Å². The maximum Gasteiger partial charge on any atom is 0.268 e. The van der Waals surface area contributed by atoms with Gasteiger partial charge in [-0.05, 0) is 31.2 Å². The SMILES string of the molecule is COc1ccc2[nH]c(C(=O)N[C@H](C)c3nncn3C)cc2c1. The zero-order valence-electron chi connectivity index (χ0n) is 12.6. The van der Waals surface area contributed by atoms with Gasteiger partial charge in [0.2, 0.25) is 0 Å². The molecule has 2 heterocycles. The van der Waals surface area contributed by atoms with Gasteiger partial charge in [-0.2, -0.15) is 0 Å². The van der Waals surface area contributed by atoms with Crippen LogP contribution in [-0.4, -0.2) is 32.8 Å². The first-order valence-corrected chi connectivity index (χ1v) is 6.90. The summed E-state index contributed by atoms with van der Waals surface area (Å²) in [5, 5.41) is 11.6. The summed E-state index contributed by atoms with van der Waals surface area (Å²) in [5.41, 5.74) is 1.38. The molecule has 0 aliphatic heterocycles. The van der Waals surface area contributed by atoms with Crippen LogP contribution in [0.4, 0.5) is 0 Å². The van der Waals surface area contributed by atoms with E-state index in [4.69, 9.17) is 4.74 Å². The Balaban J connectivity index is 1.81. The van der Waals surface area contributed by atoms with Gasteiger partial charge in [0.1, 0.15) is 17.8 Å². The van der Waals surface area contributed by atoms with Crippen LogP contribution in [-0.2, 0) is 7.05 Å². The molecule has 2 N–H and O–H groups in total. The van der Waals surface area contributed by atoms with Crippen molar-refractivity contribution in [3.05, 3.63) is 42.1 Å². The van der Waals surface area contributed by atoms with E-state index in [9.17, 15) is 4.79 Å². The Kier molecular flexibility index (Phi) is 3.54. The monoisotopic (exact) mass is 299 g/mol. The maximum absolute atomic E-state index is 12.4. The van der Waals surface area contributed by atoms with E-state index >= 15 is 0 Å². The second-order valence-electron chi connectivity index (χ2n) is 5.13. The Hall–Kier alpha value is -2.83. The van der Waals surface area contributed by atoms with Crippen molar-refractivity contribution in [3.63, 3.8) is 0 Å². The summed E-state index contributed by atoms with van der Waals surface area (Å²) in [7, 11) is 3.46. The molecule has 0 spiro atoms. The van der Waals surface area contributed by atoms with Crippen molar-refractivity contribution in [2.24, 2.45) is 7.05 Å². The number of nitrogens with zero attached hydrogens (tertiary/aromatic N) is 3. The molecular formula is C15H17N5O2. The molecule has 114 valence electrons. The summed E-state index contributed by atoms with van der Waals surface area (Å²) in [6.07, 6.45) is 1.60. The minimum atomic E-state index is -0.235. The third kappa shape index (κ3) is 2.52. The van der Waals surface area contributed by atoms with Gasteiger partial charge < -0.3 is 19.6 Å². The van der Waals surface area contributed by atoms with Crippen LogP contribution in [0, 0.1) is 0 Å². The molecule has 22 heavy (non-hydrogen) atoms. The summed E-state index contributed by atoms with van der Waals surface area (Å²) in [6, 6.07) is 7.19. The van der Waals surface area contributed by atoms with Crippen molar-refractivity contribution < 1.29 is 9.53 Å². The van der Waals surface area contributed by atoms with E-state index in [0.29, 0.717) is 11.5 Å². The largest absolute Gasteiger partial charge is 0.497 e. The number of carbonyl (C=O) groups excluding carboxylic acids is 1. The third-order valence-corrected chi connectivity index (χ3v) is 3.55. The second-order valence-corrected chi connectivity index (χ2v) is 5.13. The first-order chi connectivity index (χ1) is 10.6. The van der Waals surface area contributed by atoms with Crippen LogP contribution in [0.25, 0.3) is 10.9 Å².